The smallest absolute Gasteiger partial charge is 0.408 e. The molecule has 11 amide bonds. The highest BCUT2D eigenvalue weighted by atomic mass is 79.9. The van der Waals surface area contributed by atoms with Crippen LogP contribution in [0.4, 0.5) is 64.5 Å². The summed E-state index contributed by atoms with van der Waals surface area (Å²) in [6.45, 7) is 5.97. The number of likely N-dealkylation sites (tertiary alicyclic amines) is 4. The summed E-state index contributed by atoms with van der Waals surface area (Å²) in [4.78, 5) is 146. The molecule has 8 fully saturated rings. The number of amides is 11. The number of nitrogen functional groups attached to an aromatic ring is 1. The fourth-order valence-electron chi connectivity index (χ4n) is 18.0. The first-order valence-corrected chi connectivity index (χ1v) is 42.0. The van der Waals surface area contributed by atoms with Crippen LogP contribution in [0.15, 0.2) is 102 Å². The van der Waals surface area contributed by atoms with Gasteiger partial charge in [0.1, 0.15) is 17.9 Å². The van der Waals surface area contributed by atoms with Crippen molar-refractivity contribution in [3.05, 3.63) is 134 Å². The van der Waals surface area contributed by atoms with Gasteiger partial charge in [-0.3, -0.25) is 24.3 Å². The van der Waals surface area contributed by atoms with Gasteiger partial charge in [0, 0.05) is 60.5 Å². The first-order chi connectivity index (χ1) is 56.9. The monoisotopic (exact) mass is 1810 g/mol. The Labute approximate surface area is 711 Å². The molecule has 6 heterocycles. The van der Waals surface area contributed by atoms with E-state index in [1.807, 2.05) is 11.4 Å². The maximum atomic E-state index is 14.2. The Balaban J connectivity index is 0.000000183. The lowest BCUT2D eigenvalue weighted by Gasteiger charge is -2.48. The second-order valence-electron chi connectivity index (χ2n) is 32.8. The lowest BCUT2D eigenvalue weighted by atomic mass is 9.80. The van der Waals surface area contributed by atoms with Gasteiger partial charge in [-0.05, 0) is 172 Å². The predicted molar refractivity (Wildman–Crippen MR) is 428 cm³/mol. The number of aryl methyl sites for hydroxylation is 1. The van der Waals surface area contributed by atoms with Crippen LogP contribution >= 0.6 is 39.1 Å². The van der Waals surface area contributed by atoms with Crippen LogP contribution in [0.5, 0.6) is 0 Å². The van der Waals surface area contributed by atoms with Gasteiger partial charge in [-0.1, -0.05) is 147 Å². The number of β-lactam (4-membered cyclic amide) rings is 3. The van der Waals surface area contributed by atoms with E-state index in [1.165, 1.54) is 18.6 Å². The number of halogens is 12. The topological polar surface area (TPSA) is 382 Å². The summed E-state index contributed by atoms with van der Waals surface area (Å²) in [6.07, 6.45) is 14.8. The number of carboxylic acid groups (broad SMARTS) is 4. The number of urea groups is 4. The first-order valence-electron chi connectivity index (χ1n) is 40.5. The Morgan fingerprint density at radius 2 is 0.810 bits per heavy atom. The van der Waals surface area contributed by atoms with Crippen molar-refractivity contribution in [3.63, 3.8) is 0 Å². The van der Waals surface area contributed by atoms with E-state index in [9.17, 15) is 113 Å². The minimum Gasteiger partial charge on any atom is -0.480 e. The number of benzene rings is 2. The molecule has 4 aliphatic heterocycles. The van der Waals surface area contributed by atoms with Gasteiger partial charge in [0.15, 0.2) is 18.1 Å². The largest absolute Gasteiger partial charge is 0.480 e. The summed E-state index contributed by atoms with van der Waals surface area (Å²) >= 11 is 15.1. The highest BCUT2D eigenvalue weighted by Gasteiger charge is 2.60. The van der Waals surface area contributed by atoms with Crippen LogP contribution < -0.4 is 27.0 Å². The molecule has 0 spiro atoms. The molecule has 2 aromatic heterocycles. The number of nitrogens with two attached hydrogens (primary N) is 1. The van der Waals surface area contributed by atoms with E-state index >= 15 is 0 Å². The quantitative estimate of drug-likeness (QED) is 0.0232. The molecule has 4 aromatic rings. The summed E-state index contributed by atoms with van der Waals surface area (Å²) in [5.74, 6) is -22.1. The Kier molecular flexibility index (Phi) is 32.6. The fourth-order valence-corrected chi connectivity index (χ4v) is 18.9. The third-order valence-corrected chi connectivity index (χ3v) is 24.9. The molecule has 0 radical (unpaired) electrons. The van der Waals surface area contributed by atoms with Crippen LogP contribution in [0.2, 0.25) is 10.0 Å². The molecule has 8 aliphatic rings. The molecule has 0 bridgehead atoms. The van der Waals surface area contributed by atoms with Crippen LogP contribution in [-0.2, 0) is 59.2 Å². The molecule has 4 aliphatic carbocycles. The third-order valence-electron chi connectivity index (χ3n) is 24.0. The van der Waals surface area contributed by atoms with E-state index in [1.54, 1.807) is 60.7 Å². The van der Waals surface area contributed by atoms with Crippen LogP contribution in [0, 0.1) is 47.3 Å². The van der Waals surface area contributed by atoms with Crippen molar-refractivity contribution in [1.82, 2.24) is 50.8 Å². The van der Waals surface area contributed by atoms with Crippen LogP contribution in [0.1, 0.15) is 178 Å². The van der Waals surface area contributed by atoms with E-state index in [2.05, 4.69) is 48.4 Å². The summed E-state index contributed by atoms with van der Waals surface area (Å²) in [7, 11) is 0. The molecule has 26 nitrogen and oxygen atoms in total. The third kappa shape index (κ3) is 24.4. The Bertz CT molecular complexity index is 4080. The number of rotatable bonds is 24. The number of aromatic nitrogens is 2. The van der Waals surface area contributed by atoms with E-state index in [4.69, 9.17) is 28.9 Å². The SMILES string of the molecule is C=C1[C@H](Cc2ccnc(N)c2)[C@@H](C(=O)O)N1C(=O)N[C@@H](C1CCCCC1)C(F)(F)F.CC(F)(F)[C@@H](NC(=O)N1C(=O)C(CCc2cccc(Cl)c2)[C@H]1C(=O)O)C1CCCCC1.CC(F)(F)[C@@H](NC(=O)N1C(=O)C(Cc2cccc(Br)c2)[C@H]1C(=O)O)C1CCCCC1.CC(F)(F)[C@@H](NC(=O)N1C(=O)C(Cc2cncc(Cl)c2)[C@H]1C(=O)O)C1CCCCC1. The predicted octanol–water partition coefficient (Wildman–Crippen LogP) is 15.5. The normalized spacial score (nSPS) is 23.5. The molecular weight excluding hydrogens is 1710 g/mol. The van der Waals surface area contributed by atoms with Gasteiger partial charge in [0.2, 0.25) is 17.7 Å². The van der Waals surface area contributed by atoms with E-state index in [0.29, 0.717) is 107 Å². The van der Waals surface area contributed by atoms with Gasteiger partial charge >= 0.3 is 54.2 Å². The van der Waals surface area contributed by atoms with Crippen molar-refractivity contribution in [2.45, 2.75) is 254 Å². The molecule has 12 rings (SSSR count). The highest BCUT2D eigenvalue weighted by molar-refractivity contribution is 9.10. The van der Waals surface area contributed by atoms with E-state index in [0.717, 1.165) is 105 Å². The van der Waals surface area contributed by atoms with Crippen LogP contribution in [0.3, 0.4) is 0 Å². The van der Waals surface area contributed by atoms with Gasteiger partial charge in [-0.2, -0.15) is 13.2 Å². The molecular formula is C83H101BrCl2F9N11O15. The highest BCUT2D eigenvalue weighted by Crippen LogP contribution is 2.44. The molecule has 4 saturated heterocycles. The molecule has 2 aromatic carbocycles. The minimum absolute atomic E-state index is 0.0309. The second-order valence-corrected chi connectivity index (χ2v) is 34.6. The van der Waals surface area contributed by atoms with Gasteiger partial charge in [-0.15, -0.1) is 0 Å². The molecule has 662 valence electrons. The number of anilines is 1. The number of alkyl halides is 9. The molecule has 10 N–H and O–H groups in total. The Morgan fingerprint density at radius 3 is 1.20 bits per heavy atom. The molecule has 38 heteroatoms. The lowest BCUT2D eigenvalue weighted by Crippen LogP contribution is -2.70. The number of imide groups is 3. The number of hydrogen-bond donors (Lipinski definition) is 9. The summed E-state index contributed by atoms with van der Waals surface area (Å²) in [5, 5.41) is 48.0. The Hall–Kier alpha value is -9.32. The van der Waals surface area contributed by atoms with Crippen molar-refractivity contribution >= 4 is 111 Å². The number of carbonyl (C=O) groups excluding carboxylic acids is 7. The Morgan fingerprint density at radius 1 is 0.463 bits per heavy atom. The lowest BCUT2D eigenvalue weighted by molar-refractivity contribution is -0.168. The number of hydrogen-bond acceptors (Lipinski definition) is 14. The number of nitrogens with zero attached hydrogens (tertiary/aromatic N) is 6. The number of carbonyl (C=O) groups is 11. The van der Waals surface area contributed by atoms with Gasteiger partial charge < -0.3 is 47.4 Å². The number of nitrogens with one attached hydrogen (secondary N) is 4. The number of carboxylic acids is 4. The van der Waals surface area contributed by atoms with Gasteiger partial charge in [-0.25, -0.2) is 84.4 Å². The van der Waals surface area contributed by atoms with Crippen molar-refractivity contribution in [2.24, 2.45) is 47.3 Å². The number of aliphatic carboxylic acids is 4. The fraction of sp³-hybridized carbons (Fsp3) is 0.578. The zero-order chi connectivity index (χ0) is 88.9. The van der Waals surface area contributed by atoms with Gasteiger partial charge in [0.05, 0.1) is 40.9 Å². The van der Waals surface area contributed by atoms with Crippen molar-refractivity contribution in [1.29, 1.82) is 0 Å². The average molecular weight is 1810 g/mol. The zero-order valence-corrected chi connectivity index (χ0v) is 69.9. The number of pyridine rings is 2. The summed E-state index contributed by atoms with van der Waals surface area (Å²) < 4.78 is 127. The molecule has 4 saturated carbocycles. The van der Waals surface area contributed by atoms with Crippen molar-refractivity contribution in [3.8, 4) is 0 Å². The molecule has 12 atom stereocenters. The van der Waals surface area contributed by atoms with Gasteiger partial charge in [0.25, 0.3) is 17.8 Å². The van der Waals surface area contributed by atoms with Crippen molar-refractivity contribution in [2.75, 3.05) is 5.73 Å². The maximum Gasteiger partial charge on any atom is 0.408 e. The van der Waals surface area contributed by atoms with Crippen LogP contribution in [-0.4, -0.2) is 188 Å². The minimum atomic E-state index is -4.61. The standard InChI is InChI=1S/C22H27ClF2N2O4.C21H25BrF2N2O4.C20H24ClF2N3O4.C20H25F3N4O3/c1-22(24,25)18(14-7-3-2-4-8-14)26-21(31)27-17(20(29)30)16(19(27)28)11-10-13-6-5-9-15(23)12-13;1-21(23,24)17(13-7-3-2-4-8-13)25-20(30)26-16(19(28)29)15(18(26)27)11-12-6-5-9-14(22)10-12;1-20(22,23)16(12-5-3-2-4-6-12)25-19(30)26-15(18(28)29)14(17(26)27)8-11-7-13(21)10-24-9-11;1-11-14(9-12-7-8-25-15(24)10-12)16(18(28)29)27(11)19(30)26-17(20(21,22)23)13-5-3-2-4-6-13/h5-6,9,12,14,16-18H,2-4,7-8,10-11H2,1H3,(H,26,31)(H,29,30);5-6,9-10,13,15-17H,2-4,7-8,11H2,1H3,(H,25,30)(H,28,29);7,9-10,12,14-16H,2-6,8H2,1H3,(H,25,30)(H,28,29);7-8,10,13-14,16-17H,1-6,9H2,(H2,24,25)(H,26,30)(H,28,29)/t16?,17-,18-;15?,16-,17-;14?,15-,16-;14-,16-,17-/m0000/s1. The summed E-state index contributed by atoms with van der Waals surface area (Å²) in [5.41, 5.74) is 8.64. The zero-order valence-electron chi connectivity index (χ0n) is 66.8. The van der Waals surface area contributed by atoms with Crippen LogP contribution in [0.25, 0.3) is 0 Å². The average Bonchev–Trinajstić information content (AvgIpc) is 0.759. The summed E-state index contributed by atoms with van der Waals surface area (Å²) in [6, 6.07) is 2.78. The van der Waals surface area contributed by atoms with E-state index < -0.39 is 185 Å². The molecule has 3 unspecified atom stereocenters. The first kappa shape index (κ1) is 95.5. The van der Waals surface area contributed by atoms with Crippen molar-refractivity contribution < 1.29 is 113 Å². The van der Waals surface area contributed by atoms with E-state index in [-0.39, 0.29) is 37.2 Å². The maximum absolute atomic E-state index is 14.2. The molecule has 121 heavy (non-hydrogen) atoms. The second kappa shape index (κ2) is 41.2.